The molecule has 1 aromatic carbocycles. The van der Waals surface area contributed by atoms with Crippen LogP contribution >= 0.6 is 0 Å². The molecule has 1 fully saturated rings. The normalized spacial score (nSPS) is 26.9. The molecule has 0 aliphatic carbocycles. The van der Waals surface area contributed by atoms with Crippen LogP contribution in [0.3, 0.4) is 0 Å². The van der Waals surface area contributed by atoms with Crippen LogP contribution in [0.15, 0.2) is 30.3 Å². The fourth-order valence-electron chi connectivity index (χ4n) is 4.06. The van der Waals surface area contributed by atoms with Gasteiger partial charge < -0.3 is 0 Å². The number of hydrogen-bond acceptors (Lipinski definition) is 2. The van der Waals surface area contributed by atoms with Crippen LogP contribution in [-0.2, 0) is 15.4 Å². The third-order valence-corrected chi connectivity index (χ3v) is 4.44. The molecule has 0 amide bonds. The van der Waals surface area contributed by atoms with E-state index in [1.54, 1.807) is 0 Å². The second-order valence-corrected chi connectivity index (χ2v) is 7.75. The van der Waals surface area contributed by atoms with Crippen molar-refractivity contribution in [3.05, 3.63) is 35.9 Å². The van der Waals surface area contributed by atoms with E-state index in [0.717, 1.165) is 0 Å². The first-order chi connectivity index (χ1) is 8.56. The Kier molecular flexibility index (Phi) is 3.11. The van der Waals surface area contributed by atoms with E-state index in [9.17, 15) is 0 Å². The minimum absolute atomic E-state index is 0.0336. The second-order valence-electron chi connectivity index (χ2n) is 7.75. The van der Waals surface area contributed by atoms with Gasteiger partial charge in [-0.3, -0.25) is 0 Å². The second kappa shape index (κ2) is 4.07. The molecule has 106 valence electrons. The molecule has 2 rings (SSSR count). The maximum absolute atomic E-state index is 5.82. The van der Waals surface area contributed by atoms with Crippen molar-refractivity contribution in [3.8, 4) is 0 Å². The van der Waals surface area contributed by atoms with Crippen LogP contribution in [0.4, 0.5) is 0 Å². The molecule has 1 aromatic rings. The highest BCUT2D eigenvalue weighted by Gasteiger charge is 2.72. The molecule has 0 N–H and O–H groups in total. The van der Waals surface area contributed by atoms with Gasteiger partial charge in [0.1, 0.15) is 5.60 Å². The van der Waals surface area contributed by atoms with Crippen LogP contribution in [-0.4, -0.2) is 5.60 Å². The van der Waals surface area contributed by atoms with Crippen molar-refractivity contribution in [1.82, 2.24) is 0 Å². The zero-order valence-corrected chi connectivity index (χ0v) is 13.2. The van der Waals surface area contributed by atoms with E-state index in [0.29, 0.717) is 0 Å². The van der Waals surface area contributed by atoms with Gasteiger partial charge in [-0.05, 0) is 23.3 Å². The maximum Gasteiger partial charge on any atom is 0.159 e. The topological polar surface area (TPSA) is 18.5 Å². The van der Waals surface area contributed by atoms with E-state index < -0.39 is 5.60 Å². The van der Waals surface area contributed by atoms with E-state index in [2.05, 4.69) is 72.7 Å². The van der Waals surface area contributed by atoms with Gasteiger partial charge in [0.2, 0.25) is 0 Å². The minimum atomic E-state index is -0.426. The van der Waals surface area contributed by atoms with E-state index in [4.69, 9.17) is 9.78 Å². The Morgan fingerprint density at radius 3 is 1.58 bits per heavy atom. The quantitative estimate of drug-likeness (QED) is 0.683. The Bertz CT molecular complexity index is 436. The van der Waals surface area contributed by atoms with Gasteiger partial charge in [0, 0.05) is 0 Å². The summed E-state index contributed by atoms with van der Waals surface area (Å²) < 4.78 is 0. The molecule has 0 spiro atoms. The van der Waals surface area contributed by atoms with Crippen LogP contribution in [0.25, 0.3) is 0 Å². The summed E-state index contributed by atoms with van der Waals surface area (Å²) in [4.78, 5) is 11.5. The third kappa shape index (κ3) is 1.77. The average Bonchev–Trinajstić information content (AvgIpc) is 2.24. The van der Waals surface area contributed by atoms with Crippen LogP contribution in [0.5, 0.6) is 0 Å². The maximum atomic E-state index is 5.82. The minimum Gasteiger partial charge on any atom is -0.224 e. The van der Waals surface area contributed by atoms with Gasteiger partial charge in [-0.25, -0.2) is 9.78 Å². The van der Waals surface area contributed by atoms with Gasteiger partial charge >= 0.3 is 0 Å². The van der Waals surface area contributed by atoms with Gasteiger partial charge in [0.25, 0.3) is 0 Å². The standard InChI is InChI=1S/C17H26O2/c1-14(2,3)17(15(4,5)6)16(7,18-19-17)13-11-9-8-10-12-13/h8-12H,1-7H3. The number of hydrogen-bond donors (Lipinski definition) is 0. The van der Waals surface area contributed by atoms with Crippen molar-refractivity contribution in [2.24, 2.45) is 10.8 Å². The lowest BCUT2D eigenvalue weighted by molar-refractivity contribution is -0.595. The summed E-state index contributed by atoms with van der Waals surface area (Å²) in [6.45, 7) is 15.5. The first-order valence-corrected chi connectivity index (χ1v) is 6.99. The zero-order valence-electron chi connectivity index (χ0n) is 13.2. The predicted molar refractivity (Wildman–Crippen MR) is 77.6 cm³/mol. The van der Waals surface area contributed by atoms with Crippen LogP contribution in [0.2, 0.25) is 0 Å². The summed E-state index contributed by atoms with van der Waals surface area (Å²) in [5.41, 5.74) is 0.312. The van der Waals surface area contributed by atoms with E-state index in [1.807, 2.05) is 6.07 Å². The van der Waals surface area contributed by atoms with Crippen LogP contribution in [0.1, 0.15) is 54.0 Å². The van der Waals surface area contributed by atoms with E-state index in [1.165, 1.54) is 5.56 Å². The zero-order chi connectivity index (χ0) is 14.5. The molecular formula is C17H26O2. The molecule has 1 unspecified atom stereocenters. The lowest BCUT2D eigenvalue weighted by Gasteiger charge is -2.66. The molecule has 0 aromatic heterocycles. The lowest BCUT2D eigenvalue weighted by atomic mass is 9.53. The molecule has 1 saturated heterocycles. The Morgan fingerprint density at radius 1 is 0.789 bits per heavy atom. The molecule has 1 atom stereocenters. The molecule has 19 heavy (non-hydrogen) atoms. The number of rotatable bonds is 1. The Morgan fingerprint density at radius 2 is 1.26 bits per heavy atom. The van der Waals surface area contributed by atoms with Gasteiger partial charge in [-0.15, -0.1) is 0 Å². The van der Waals surface area contributed by atoms with E-state index in [-0.39, 0.29) is 16.4 Å². The van der Waals surface area contributed by atoms with Gasteiger partial charge in [0.15, 0.2) is 5.60 Å². The first-order valence-electron chi connectivity index (χ1n) is 6.99. The summed E-state index contributed by atoms with van der Waals surface area (Å²) in [6.07, 6.45) is 0. The molecule has 1 aliphatic rings. The van der Waals surface area contributed by atoms with Gasteiger partial charge in [0.05, 0.1) is 0 Å². The molecule has 2 nitrogen and oxygen atoms in total. The van der Waals surface area contributed by atoms with E-state index >= 15 is 0 Å². The highest BCUT2D eigenvalue weighted by atomic mass is 17.3. The van der Waals surface area contributed by atoms with Gasteiger partial charge in [-0.2, -0.15) is 0 Å². The average molecular weight is 262 g/mol. The SMILES string of the molecule is CC(C)(C)C1(C(C)(C)C)OOC1(C)c1ccccc1. The molecule has 1 aliphatic heterocycles. The Labute approximate surface area is 117 Å². The predicted octanol–water partition coefficient (Wildman–Crippen LogP) is 4.69. The Balaban J connectivity index is 2.59. The van der Waals surface area contributed by atoms with Crippen LogP contribution in [0, 0.1) is 10.8 Å². The molecule has 2 heteroatoms. The lowest BCUT2D eigenvalue weighted by Crippen LogP contribution is -2.74. The fraction of sp³-hybridized carbons (Fsp3) is 0.647. The monoisotopic (exact) mass is 262 g/mol. The summed E-state index contributed by atoms with van der Waals surface area (Å²) in [6, 6.07) is 10.4. The summed E-state index contributed by atoms with van der Waals surface area (Å²) in [5.74, 6) is 0. The van der Waals surface area contributed by atoms with Crippen molar-refractivity contribution in [3.63, 3.8) is 0 Å². The summed E-state index contributed by atoms with van der Waals surface area (Å²) in [7, 11) is 0. The first kappa shape index (κ1) is 14.5. The molecule has 0 saturated carbocycles. The summed E-state index contributed by atoms with van der Waals surface area (Å²) in [5, 5.41) is 0. The van der Waals surface area contributed by atoms with Crippen molar-refractivity contribution in [1.29, 1.82) is 0 Å². The molecule has 1 heterocycles. The van der Waals surface area contributed by atoms with Crippen molar-refractivity contribution in [2.75, 3.05) is 0 Å². The Hall–Kier alpha value is -0.860. The largest absolute Gasteiger partial charge is 0.224 e. The van der Waals surface area contributed by atoms with Crippen LogP contribution < -0.4 is 0 Å². The highest BCUT2D eigenvalue weighted by Crippen LogP contribution is 2.64. The highest BCUT2D eigenvalue weighted by molar-refractivity contribution is 5.31. The molecule has 0 radical (unpaired) electrons. The van der Waals surface area contributed by atoms with Crippen molar-refractivity contribution >= 4 is 0 Å². The fourth-order valence-corrected chi connectivity index (χ4v) is 4.06. The molecular weight excluding hydrogens is 236 g/mol. The van der Waals surface area contributed by atoms with Gasteiger partial charge in [-0.1, -0.05) is 71.9 Å². The van der Waals surface area contributed by atoms with Crippen molar-refractivity contribution in [2.45, 2.75) is 59.7 Å². The smallest absolute Gasteiger partial charge is 0.159 e. The summed E-state index contributed by atoms with van der Waals surface area (Å²) >= 11 is 0. The van der Waals surface area contributed by atoms with Crippen molar-refractivity contribution < 1.29 is 9.78 Å². The molecule has 0 bridgehead atoms. The third-order valence-electron chi connectivity index (χ3n) is 4.44. The number of benzene rings is 1.